The number of benzene rings is 1. The fraction of sp³-hybridized carbons (Fsp3) is 0.526. The van der Waals surface area contributed by atoms with E-state index in [9.17, 15) is 0 Å². The minimum atomic E-state index is 0.471. The van der Waals surface area contributed by atoms with Crippen LogP contribution in [0.5, 0.6) is 0 Å². The minimum absolute atomic E-state index is 0.471. The molecular formula is C19H24ClN5O. The van der Waals surface area contributed by atoms with Crippen molar-refractivity contribution in [2.24, 2.45) is 16.8 Å². The summed E-state index contributed by atoms with van der Waals surface area (Å²) in [7, 11) is 1.83. The number of aromatic nitrogens is 2. The number of hydrogen-bond acceptors (Lipinski definition) is 4. The second-order valence-corrected chi connectivity index (χ2v) is 7.57. The molecule has 2 aliphatic rings. The first-order valence-corrected chi connectivity index (χ1v) is 9.65. The van der Waals surface area contributed by atoms with Crippen LogP contribution in [0.25, 0.3) is 11.4 Å². The van der Waals surface area contributed by atoms with E-state index in [4.69, 9.17) is 16.1 Å². The predicted molar refractivity (Wildman–Crippen MR) is 102 cm³/mol. The highest BCUT2D eigenvalue weighted by Crippen LogP contribution is 2.35. The first-order valence-electron chi connectivity index (χ1n) is 9.27. The third-order valence-electron chi connectivity index (χ3n) is 5.46. The van der Waals surface area contributed by atoms with Gasteiger partial charge in [0, 0.05) is 30.7 Å². The van der Waals surface area contributed by atoms with E-state index in [0.29, 0.717) is 23.3 Å². The minimum Gasteiger partial charge on any atom is -0.347 e. The van der Waals surface area contributed by atoms with Gasteiger partial charge in [0.1, 0.15) is 0 Å². The summed E-state index contributed by atoms with van der Waals surface area (Å²) in [6.07, 6.45) is 5.45. The average molecular weight is 374 g/mol. The molecule has 1 saturated carbocycles. The zero-order valence-electron chi connectivity index (χ0n) is 15.0. The summed E-state index contributed by atoms with van der Waals surface area (Å²) in [5.41, 5.74) is 0.886. The Morgan fingerprint density at radius 2 is 1.92 bits per heavy atom. The lowest BCUT2D eigenvalue weighted by molar-refractivity contribution is 0.299. The van der Waals surface area contributed by atoms with E-state index in [1.165, 1.54) is 25.7 Å². The molecule has 1 aromatic heterocycles. The molecule has 1 aromatic carbocycles. The van der Waals surface area contributed by atoms with Crippen LogP contribution in [0.4, 0.5) is 0 Å². The van der Waals surface area contributed by atoms with Crippen LogP contribution in [0.15, 0.2) is 33.8 Å². The van der Waals surface area contributed by atoms with Gasteiger partial charge in [-0.3, -0.25) is 4.99 Å². The summed E-state index contributed by atoms with van der Waals surface area (Å²) in [5, 5.41) is 8.11. The molecule has 2 heterocycles. The van der Waals surface area contributed by atoms with Gasteiger partial charge in [0.15, 0.2) is 5.96 Å². The highest BCUT2D eigenvalue weighted by molar-refractivity contribution is 6.30. The first kappa shape index (κ1) is 17.3. The molecule has 2 aromatic rings. The molecule has 0 amide bonds. The summed E-state index contributed by atoms with van der Waals surface area (Å²) >= 11 is 5.92. The van der Waals surface area contributed by atoms with Gasteiger partial charge in [-0.2, -0.15) is 4.98 Å². The van der Waals surface area contributed by atoms with Crippen molar-refractivity contribution in [3.63, 3.8) is 0 Å². The third-order valence-corrected chi connectivity index (χ3v) is 5.71. The van der Waals surface area contributed by atoms with Crippen molar-refractivity contribution >= 4 is 17.6 Å². The second kappa shape index (κ2) is 7.66. The van der Waals surface area contributed by atoms with Crippen LogP contribution in [-0.2, 0) is 6.54 Å². The van der Waals surface area contributed by atoms with Gasteiger partial charge in [-0.05, 0) is 48.9 Å². The molecule has 1 N–H and O–H groups in total. The SMILES string of the molecule is CN=C(NCc1nc(-c2ccc(Cl)cc2)no1)N1CC2CCCCC2C1. The molecule has 7 heteroatoms. The van der Waals surface area contributed by atoms with Crippen LogP contribution >= 0.6 is 11.6 Å². The molecular weight excluding hydrogens is 350 g/mol. The number of nitrogens with one attached hydrogen (secondary N) is 1. The van der Waals surface area contributed by atoms with E-state index >= 15 is 0 Å². The Morgan fingerprint density at radius 1 is 1.23 bits per heavy atom. The molecule has 6 nitrogen and oxygen atoms in total. The van der Waals surface area contributed by atoms with Crippen molar-refractivity contribution in [3.05, 3.63) is 35.2 Å². The van der Waals surface area contributed by atoms with Gasteiger partial charge in [-0.25, -0.2) is 0 Å². The monoisotopic (exact) mass is 373 g/mol. The van der Waals surface area contributed by atoms with E-state index < -0.39 is 0 Å². The zero-order chi connectivity index (χ0) is 17.9. The number of rotatable bonds is 3. The van der Waals surface area contributed by atoms with Crippen molar-refractivity contribution < 1.29 is 4.52 Å². The molecule has 0 spiro atoms. The number of guanidine groups is 1. The van der Waals surface area contributed by atoms with Gasteiger partial charge in [0.25, 0.3) is 0 Å². The standard InChI is InChI=1S/C19H24ClN5O/c1-21-19(25-11-14-4-2-3-5-15(14)12-25)22-10-17-23-18(24-26-17)13-6-8-16(20)9-7-13/h6-9,14-15H,2-5,10-12H2,1H3,(H,21,22). The van der Waals surface area contributed by atoms with Crippen LogP contribution < -0.4 is 5.32 Å². The fourth-order valence-electron chi connectivity index (χ4n) is 4.11. The average Bonchev–Trinajstić information content (AvgIpc) is 3.30. The highest BCUT2D eigenvalue weighted by atomic mass is 35.5. The van der Waals surface area contributed by atoms with Crippen molar-refractivity contribution in [1.82, 2.24) is 20.4 Å². The van der Waals surface area contributed by atoms with Crippen LogP contribution in [0.2, 0.25) is 5.02 Å². The van der Waals surface area contributed by atoms with Crippen LogP contribution in [-0.4, -0.2) is 41.1 Å². The largest absolute Gasteiger partial charge is 0.347 e. The van der Waals surface area contributed by atoms with Gasteiger partial charge >= 0.3 is 0 Å². The number of likely N-dealkylation sites (tertiary alicyclic amines) is 1. The van der Waals surface area contributed by atoms with Gasteiger partial charge in [-0.1, -0.05) is 29.6 Å². The zero-order valence-corrected chi connectivity index (χ0v) is 15.7. The summed E-state index contributed by atoms with van der Waals surface area (Å²) < 4.78 is 5.37. The second-order valence-electron chi connectivity index (χ2n) is 7.13. The number of nitrogens with zero attached hydrogens (tertiary/aromatic N) is 4. The Balaban J connectivity index is 1.36. The number of halogens is 1. The van der Waals surface area contributed by atoms with Crippen molar-refractivity contribution in [2.45, 2.75) is 32.2 Å². The molecule has 2 fully saturated rings. The van der Waals surface area contributed by atoms with E-state index in [-0.39, 0.29) is 0 Å². The molecule has 2 unspecified atom stereocenters. The van der Waals surface area contributed by atoms with Gasteiger partial charge < -0.3 is 14.7 Å². The van der Waals surface area contributed by atoms with Crippen molar-refractivity contribution in [3.8, 4) is 11.4 Å². The Kier molecular flexibility index (Phi) is 5.11. The number of fused-ring (bicyclic) bond motifs is 1. The van der Waals surface area contributed by atoms with Gasteiger partial charge in [0.05, 0.1) is 6.54 Å². The summed E-state index contributed by atoms with van der Waals surface area (Å²) in [4.78, 5) is 11.3. The summed E-state index contributed by atoms with van der Waals surface area (Å²) in [5.74, 6) is 3.68. The normalized spacial score (nSPS) is 23.2. The molecule has 1 aliphatic carbocycles. The molecule has 26 heavy (non-hydrogen) atoms. The topological polar surface area (TPSA) is 66.5 Å². The third kappa shape index (κ3) is 3.70. The Bertz CT molecular complexity index is 758. The highest BCUT2D eigenvalue weighted by Gasteiger charge is 2.35. The molecule has 0 bridgehead atoms. The van der Waals surface area contributed by atoms with Crippen LogP contribution in [0.3, 0.4) is 0 Å². The Hall–Kier alpha value is -2.08. The lowest BCUT2D eigenvalue weighted by Gasteiger charge is -2.22. The molecule has 0 radical (unpaired) electrons. The van der Waals surface area contributed by atoms with Gasteiger partial charge in [-0.15, -0.1) is 0 Å². The maximum Gasteiger partial charge on any atom is 0.246 e. The molecule has 1 saturated heterocycles. The molecule has 1 aliphatic heterocycles. The molecule has 138 valence electrons. The predicted octanol–water partition coefficient (Wildman–Crippen LogP) is 3.59. The molecule has 4 rings (SSSR count). The maximum atomic E-state index is 5.92. The first-order chi connectivity index (χ1) is 12.7. The van der Waals surface area contributed by atoms with Gasteiger partial charge in [0.2, 0.25) is 11.7 Å². The van der Waals surface area contributed by atoms with Crippen molar-refractivity contribution in [2.75, 3.05) is 20.1 Å². The Morgan fingerprint density at radius 3 is 2.58 bits per heavy atom. The lowest BCUT2D eigenvalue weighted by Crippen LogP contribution is -2.39. The summed E-state index contributed by atoms with van der Waals surface area (Å²) in [6.45, 7) is 2.67. The Labute approximate surface area is 158 Å². The number of hydrogen-bond donors (Lipinski definition) is 1. The van der Waals surface area contributed by atoms with E-state index in [1.807, 2.05) is 31.3 Å². The maximum absolute atomic E-state index is 5.92. The van der Waals surface area contributed by atoms with E-state index in [2.05, 4.69) is 25.3 Å². The smallest absolute Gasteiger partial charge is 0.246 e. The molecule has 2 atom stereocenters. The number of aliphatic imine (C=N–C) groups is 1. The quantitative estimate of drug-likeness (QED) is 0.657. The van der Waals surface area contributed by atoms with E-state index in [0.717, 1.165) is 36.4 Å². The van der Waals surface area contributed by atoms with Crippen molar-refractivity contribution in [1.29, 1.82) is 0 Å². The van der Waals surface area contributed by atoms with Crippen LogP contribution in [0.1, 0.15) is 31.6 Å². The van der Waals surface area contributed by atoms with Crippen LogP contribution in [0, 0.1) is 11.8 Å². The fourth-order valence-corrected chi connectivity index (χ4v) is 4.23. The van der Waals surface area contributed by atoms with E-state index in [1.54, 1.807) is 0 Å². The summed E-state index contributed by atoms with van der Waals surface area (Å²) in [6, 6.07) is 7.41. The lowest BCUT2D eigenvalue weighted by atomic mass is 9.82.